The molecule has 40 heavy (non-hydrogen) atoms. The number of hydrogen-bond donors (Lipinski definition) is 1. The van der Waals surface area contributed by atoms with Crippen LogP contribution in [0.3, 0.4) is 0 Å². The number of amides is 2. The van der Waals surface area contributed by atoms with Crippen LogP contribution >= 0.6 is 11.3 Å². The van der Waals surface area contributed by atoms with Crippen LogP contribution in [0.5, 0.6) is 5.75 Å². The number of carbonyl (C=O) groups is 2. The summed E-state index contributed by atoms with van der Waals surface area (Å²) in [5.74, 6) is 0.964. The standard InChI is InChI=1S/C33H35N3O3S/c1-23(2)39-28-15-13-27(14-16-28)33(38)36-19-17-26(18-20-36)32-35-30(22-40-32)31(37)34-21-29(24-9-5-3-6-10-24)25-11-7-4-8-12-25/h3-16,22-23,26,29H,17-21H2,1-2H3,(H,34,37). The molecule has 2 amide bonds. The number of thiazole rings is 1. The van der Waals surface area contributed by atoms with E-state index in [9.17, 15) is 9.59 Å². The van der Waals surface area contributed by atoms with Crippen LogP contribution in [0.2, 0.25) is 0 Å². The van der Waals surface area contributed by atoms with Gasteiger partial charge in [0.25, 0.3) is 11.8 Å². The van der Waals surface area contributed by atoms with E-state index in [1.807, 2.05) is 84.8 Å². The fourth-order valence-corrected chi connectivity index (χ4v) is 6.10. The summed E-state index contributed by atoms with van der Waals surface area (Å²) in [6, 6.07) is 27.9. The van der Waals surface area contributed by atoms with Crippen LogP contribution < -0.4 is 10.1 Å². The molecule has 1 saturated heterocycles. The molecular formula is C33H35N3O3S. The topological polar surface area (TPSA) is 71.5 Å². The third kappa shape index (κ3) is 6.77. The lowest BCUT2D eigenvalue weighted by Crippen LogP contribution is -2.37. The molecule has 7 heteroatoms. The molecule has 0 spiro atoms. The van der Waals surface area contributed by atoms with E-state index in [1.54, 1.807) is 0 Å². The average Bonchev–Trinajstić information content (AvgIpc) is 3.49. The number of hydrogen-bond acceptors (Lipinski definition) is 5. The van der Waals surface area contributed by atoms with Crippen molar-refractivity contribution in [1.82, 2.24) is 15.2 Å². The molecule has 1 aliphatic rings. The Kier molecular flexibility index (Phi) is 8.91. The van der Waals surface area contributed by atoms with E-state index < -0.39 is 0 Å². The second-order valence-electron chi connectivity index (χ2n) is 10.4. The van der Waals surface area contributed by atoms with Gasteiger partial charge in [0.2, 0.25) is 0 Å². The van der Waals surface area contributed by atoms with Gasteiger partial charge in [0, 0.05) is 42.4 Å². The first-order valence-electron chi connectivity index (χ1n) is 13.9. The van der Waals surface area contributed by atoms with Gasteiger partial charge in [0.15, 0.2) is 0 Å². The second-order valence-corrected chi connectivity index (χ2v) is 11.3. The molecule has 1 N–H and O–H groups in total. The van der Waals surface area contributed by atoms with Gasteiger partial charge in [-0.1, -0.05) is 60.7 Å². The average molecular weight is 554 g/mol. The first-order chi connectivity index (χ1) is 19.5. The summed E-state index contributed by atoms with van der Waals surface area (Å²) in [4.78, 5) is 32.7. The molecule has 0 atom stereocenters. The second kappa shape index (κ2) is 12.9. The van der Waals surface area contributed by atoms with Crippen molar-refractivity contribution in [3.63, 3.8) is 0 Å². The summed E-state index contributed by atoms with van der Waals surface area (Å²) >= 11 is 1.53. The van der Waals surface area contributed by atoms with E-state index in [0.29, 0.717) is 30.9 Å². The number of rotatable bonds is 9. The van der Waals surface area contributed by atoms with Crippen LogP contribution in [-0.4, -0.2) is 47.4 Å². The van der Waals surface area contributed by atoms with Crippen LogP contribution in [0.4, 0.5) is 0 Å². The van der Waals surface area contributed by atoms with Gasteiger partial charge in [-0.2, -0.15) is 0 Å². The maximum absolute atomic E-state index is 13.1. The number of nitrogens with zero attached hydrogens (tertiary/aromatic N) is 2. The zero-order chi connectivity index (χ0) is 27.9. The lowest BCUT2D eigenvalue weighted by molar-refractivity contribution is 0.0713. The van der Waals surface area contributed by atoms with Gasteiger partial charge < -0.3 is 15.0 Å². The molecule has 6 nitrogen and oxygen atoms in total. The number of likely N-dealkylation sites (tertiary alicyclic amines) is 1. The summed E-state index contributed by atoms with van der Waals surface area (Å²) in [7, 11) is 0. The molecular weight excluding hydrogens is 518 g/mol. The molecule has 2 heterocycles. The Hall–Kier alpha value is -3.97. The smallest absolute Gasteiger partial charge is 0.270 e. The monoisotopic (exact) mass is 553 g/mol. The summed E-state index contributed by atoms with van der Waals surface area (Å²) in [5, 5.41) is 5.93. The fourth-order valence-electron chi connectivity index (χ4n) is 5.12. The van der Waals surface area contributed by atoms with Crippen molar-refractivity contribution < 1.29 is 14.3 Å². The van der Waals surface area contributed by atoms with Crippen molar-refractivity contribution >= 4 is 23.2 Å². The minimum absolute atomic E-state index is 0.0418. The molecule has 0 radical (unpaired) electrons. The Labute approximate surface area is 240 Å². The van der Waals surface area contributed by atoms with Crippen molar-refractivity contribution in [2.45, 2.75) is 44.6 Å². The molecule has 0 bridgehead atoms. The first-order valence-corrected chi connectivity index (χ1v) is 14.8. The predicted molar refractivity (Wildman–Crippen MR) is 159 cm³/mol. The molecule has 1 aromatic heterocycles. The number of nitrogens with one attached hydrogen (secondary N) is 1. The molecule has 0 aliphatic carbocycles. The molecule has 3 aromatic carbocycles. The van der Waals surface area contributed by atoms with E-state index in [0.717, 1.165) is 34.7 Å². The van der Waals surface area contributed by atoms with Gasteiger partial charge in [0.05, 0.1) is 11.1 Å². The number of piperidine rings is 1. The third-order valence-corrected chi connectivity index (χ3v) is 8.24. The number of ether oxygens (including phenoxy) is 1. The largest absolute Gasteiger partial charge is 0.491 e. The Balaban J connectivity index is 1.16. The van der Waals surface area contributed by atoms with Crippen LogP contribution in [-0.2, 0) is 0 Å². The van der Waals surface area contributed by atoms with Crippen molar-refractivity contribution in [3.8, 4) is 5.75 Å². The van der Waals surface area contributed by atoms with E-state index in [2.05, 4.69) is 29.6 Å². The summed E-state index contributed by atoms with van der Waals surface area (Å²) < 4.78 is 5.68. The Morgan fingerprint density at radius 2 is 1.52 bits per heavy atom. The molecule has 4 aromatic rings. The van der Waals surface area contributed by atoms with Gasteiger partial charge in [-0.3, -0.25) is 9.59 Å². The van der Waals surface area contributed by atoms with Crippen molar-refractivity contribution in [2.75, 3.05) is 19.6 Å². The minimum atomic E-state index is -0.156. The van der Waals surface area contributed by atoms with E-state index in [1.165, 1.54) is 11.3 Å². The molecule has 0 saturated carbocycles. The summed E-state index contributed by atoms with van der Waals surface area (Å²) in [6.07, 6.45) is 1.76. The van der Waals surface area contributed by atoms with Gasteiger partial charge in [-0.25, -0.2) is 4.98 Å². The molecule has 1 fully saturated rings. The quantitative estimate of drug-likeness (QED) is 0.256. The molecule has 206 valence electrons. The highest BCUT2D eigenvalue weighted by Gasteiger charge is 2.27. The van der Waals surface area contributed by atoms with Crippen LogP contribution in [0, 0.1) is 0 Å². The minimum Gasteiger partial charge on any atom is -0.491 e. The lowest BCUT2D eigenvalue weighted by Gasteiger charge is -2.31. The normalized spacial score (nSPS) is 13.9. The molecule has 1 aliphatic heterocycles. The van der Waals surface area contributed by atoms with Gasteiger partial charge in [0.1, 0.15) is 11.4 Å². The zero-order valence-corrected chi connectivity index (χ0v) is 23.8. The molecule has 0 unspecified atom stereocenters. The maximum Gasteiger partial charge on any atom is 0.270 e. The maximum atomic E-state index is 13.1. The number of aromatic nitrogens is 1. The van der Waals surface area contributed by atoms with Crippen LogP contribution in [0.15, 0.2) is 90.3 Å². The van der Waals surface area contributed by atoms with Gasteiger partial charge in [-0.05, 0) is 62.1 Å². The van der Waals surface area contributed by atoms with E-state index >= 15 is 0 Å². The lowest BCUT2D eigenvalue weighted by atomic mass is 9.91. The van der Waals surface area contributed by atoms with E-state index in [-0.39, 0.29) is 29.8 Å². The summed E-state index contributed by atoms with van der Waals surface area (Å²) in [6.45, 7) is 5.79. The van der Waals surface area contributed by atoms with Crippen molar-refractivity contribution in [2.24, 2.45) is 0 Å². The van der Waals surface area contributed by atoms with Crippen LogP contribution in [0.25, 0.3) is 0 Å². The van der Waals surface area contributed by atoms with Crippen molar-refractivity contribution in [1.29, 1.82) is 0 Å². The highest BCUT2D eigenvalue weighted by Crippen LogP contribution is 2.31. The molecule has 5 rings (SSSR count). The highest BCUT2D eigenvalue weighted by molar-refractivity contribution is 7.09. The Bertz CT molecular complexity index is 1360. The Morgan fingerprint density at radius 3 is 2.10 bits per heavy atom. The third-order valence-electron chi connectivity index (χ3n) is 7.23. The fraction of sp³-hybridized carbons (Fsp3) is 0.303. The predicted octanol–water partition coefficient (Wildman–Crippen LogP) is 6.51. The first kappa shape index (κ1) is 27.6. The zero-order valence-electron chi connectivity index (χ0n) is 23.0. The van der Waals surface area contributed by atoms with Crippen molar-refractivity contribution in [3.05, 3.63) is 118 Å². The number of benzene rings is 3. The van der Waals surface area contributed by atoms with E-state index in [4.69, 9.17) is 9.72 Å². The Morgan fingerprint density at radius 1 is 0.925 bits per heavy atom. The van der Waals surface area contributed by atoms with Gasteiger partial charge >= 0.3 is 0 Å². The SMILES string of the molecule is CC(C)Oc1ccc(C(=O)N2CCC(c3nc(C(=O)NCC(c4ccccc4)c4ccccc4)cs3)CC2)cc1. The number of carbonyl (C=O) groups excluding carboxylic acids is 2. The summed E-state index contributed by atoms with van der Waals surface area (Å²) in [5.41, 5.74) is 3.46. The highest BCUT2D eigenvalue weighted by atomic mass is 32.1. The van der Waals surface area contributed by atoms with Gasteiger partial charge in [-0.15, -0.1) is 11.3 Å². The van der Waals surface area contributed by atoms with Crippen LogP contribution in [0.1, 0.15) is 75.5 Å².